The van der Waals surface area contributed by atoms with Gasteiger partial charge in [-0.2, -0.15) is 0 Å². The van der Waals surface area contributed by atoms with Crippen LogP contribution in [0, 0.1) is 0 Å². The Balaban J connectivity index is 1.67. The minimum atomic E-state index is -0.280. The van der Waals surface area contributed by atoms with Gasteiger partial charge in [0.15, 0.2) is 0 Å². The van der Waals surface area contributed by atoms with E-state index in [0.29, 0.717) is 6.54 Å². The number of piperazine rings is 1. The lowest BCUT2D eigenvalue weighted by atomic mass is 10.2. The summed E-state index contributed by atoms with van der Waals surface area (Å²) in [7, 11) is 4.89. The van der Waals surface area contributed by atoms with Gasteiger partial charge in [-0.25, -0.2) is 4.79 Å². The molecule has 1 saturated heterocycles. The van der Waals surface area contributed by atoms with E-state index in [-0.39, 0.29) is 11.2 Å². The molecule has 0 radical (unpaired) electrons. The summed E-state index contributed by atoms with van der Waals surface area (Å²) >= 11 is 0. The van der Waals surface area contributed by atoms with E-state index >= 15 is 0 Å². The monoisotopic (exact) mass is 344 g/mol. The highest BCUT2D eigenvalue weighted by molar-refractivity contribution is 5.51. The van der Waals surface area contributed by atoms with Gasteiger partial charge in [0.1, 0.15) is 5.75 Å². The number of nitrogens with zero attached hydrogens (tertiary/aromatic N) is 4. The standard InChI is InChI=1S/C18H24N4O3/c1-19-15(12-17(23)20(2)18(19)24)13-21-7-9-22(10-8-21)14-5-4-6-16(11-14)25-3/h4-6,11-12H,7-10,13H2,1-3H3. The maximum atomic E-state index is 12.0. The van der Waals surface area contributed by atoms with Gasteiger partial charge >= 0.3 is 5.69 Å². The van der Waals surface area contributed by atoms with Gasteiger partial charge in [0.25, 0.3) is 5.56 Å². The highest BCUT2D eigenvalue weighted by atomic mass is 16.5. The van der Waals surface area contributed by atoms with Crippen LogP contribution in [0.3, 0.4) is 0 Å². The van der Waals surface area contributed by atoms with Crippen molar-refractivity contribution in [3.8, 4) is 5.75 Å². The van der Waals surface area contributed by atoms with Gasteiger partial charge in [0, 0.05) is 70.3 Å². The first kappa shape index (κ1) is 17.3. The molecule has 1 aliphatic heterocycles. The SMILES string of the molecule is COc1cccc(N2CCN(Cc3cc(=O)n(C)c(=O)n3C)CC2)c1. The molecule has 2 heterocycles. The molecule has 1 aromatic heterocycles. The summed E-state index contributed by atoms with van der Waals surface area (Å²) in [4.78, 5) is 28.5. The van der Waals surface area contributed by atoms with Gasteiger partial charge in [0.2, 0.25) is 0 Å². The fourth-order valence-corrected chi connectivity index (χ4v) is 3.13. The Kier molecular flexibility index (Phi) is 4.94. The second-order valence-corrected chi connectivity index (χ2v) is 6.34. The molecule has 0 aliphatic carbocycles. The Hall–Kier alpha value is -2.54. The number of benzene rings is 1. The van der Waals surface area contributed by atoms with Crippen molar-refractivity contribution in [2.45, 2.75) is 6.54 Å². The van der Waals surface area contributed by atoms with Crippen LogP contribution in [0.4, 0.5) is 5.69 Å². The highest BCUT2D eigenvalue weighted by Gasteiger charge is 2.19. The van der Waals surface area contributed by atoms with Crippen LogP contribution in [-0.2, 0) is 20.6 Å². The predicted octanol–water partition coefficient (Wildman–Crippen LogP) is 0.415. The van der Waals surface area contributed by atoms with E-state index in [1.165, 1.54) is 7.05 Å². The van der Waals surface area contributed by atoms with Crippen LogP contribution in [0.15, 0.2) is 39.9 Å². The van der Waals surface area contributed by atoms with Crippen molar-refractivity contribution in [3.05, 3.63) is 56.9 Å². The third-order valence-corrected chi connectivity index (χ3v) is 4.80. The highest BCUT2D eigenvalue weighted by Crippen LogP contribution is 2.22. The van der Waals surface area contributed by atoms with E-state index in [9.17, 15) is 9.59 Å². The molecule has 134 valence electrons. The first-order valence-corrected chi connectivity index (χ1v) is 8.37. The molecule has 25 heavy (non-hydrogen) atoms. The molecule has 0 amide bonds. The topological polar surface area (TPSA) is 59.7 Å². The van der Waals surface area contributed by atoms with E-state index in [1.807, 2.05) is 18.2 Å². The molecule has 7 nitrogen and oxygen atoms in total. The molecule has 0 saturated carbocycles. The molecule has 2 aromatic rings. The summed E-state index contributed by atoms with van der Waals surface area (Å²) in [6, 6.07) is 9.62. The summed E-state index contributed by atoms with van der Waals surface area (Å²) in [5.74, 6) is 0.857. The summed E-state index contributed by atoms with van der Waals surface area (Å²) in [5, 5.41) is 0. The maximum Gasteiger partial charge on any atom is 0.330 e. The molecule has 0 unspecified atom stereocenters. The molecule has 3 rings (SSSR count). The van der Waals surface area contributed by atoms with Crippen molar-refractivity contribution in [2.75, 3.05) is 38.2 Å². The number of methoxy groups -OCH3 is 1. The minimum absolute atomic E-state index is 0.256. The molecule has 0 bridgehead atoms. The average molecular weight is 344 g/mol. The van der Waals surface area contributed by atoms with Crippen molar-refractivity contribution < 1.29 is 4.74 Å². The first-order valence-electron chi connectivity index (χ1n) is 8.37. The van der Waals surface area contributed by atoms with Gasteiger partial charge in [-0.1, -0.05) is 6.07 Å². The molecule has 0 spiro atoms. The second kappa shape index (κ2) is 7.14. The van der Waals surface area contributed by atoms with Crippen LogP contribution in [0.2, 0.25) is 0 Å². The van der Waals surface area contributed by atoms with Crippen LogP contribution < -0.4 is 20.9 Å². The van der Waals surface area contributed by atoms with E-state index in [2.05, 4.69) is 15.9 Å². The van der Waals surface area contributed by atoms with Gasteiger partial charge in [-0.3, -0.25) is 18.8 Å². The van der Waals surface area contributed by atoms with Crippen molar-refractivity contribution in [1.29, 1.82) is 0 Å². The lowest BCUT2D eigenvalue weighted by Gasteiger charge is -2.36. The van der Waals surface area contributed by atoms with Gasteiger partial charge in [-0.05, 0) is 12.1 Å². The molecular formula is C18H24N4O3. The largest absolute Gasteiger partial charge is 0.497 e. The number of hydrogen-bond acceptors (Lipinski definition) is 5. The third-order valence-electron chi connectivity index (χ3n) is 4.80. The Labute approximate surface area is 146 Å². The maximum absolute atomic E-state index is 12.0. The summed E-state index contributed by atoms with van der Waals surface area (Å²) in [6.07, 6.45) is 0. The molecule has 1 fully saturated rings. The van der Waals surface area contributed by atoms with Crippen LogP contribution in [-0.4, -0.2) is 47.3 Å². The summed E-state index contributed by atoms with van der Waals surface area (Å²) in [6.45, 7) is 4.15. The van der Waals surface area contributed by atoms with Crippen molar-refractivity contribution in [3.63, 3.8) is 0 Å². The summed E-state index contributed by atoms with van der Waals surface area (Å²) in [5.41, 5.74) is 1.37. The van der Waals surface area contributed by atoms with Crippen LogP contribution >= 0.6 is 0 Å². The van der Waals surface area contributed by atoms with Crippen molar-refractivity contribution in [2.24, 2.45) is 14.1 Å². The van der Waals surface area contributed by atoms with E-state index in [0.717, 1.165) is 47.9 Å². The second-order valence-electron chi connectivity index (χ2n) is 6.34. The molecule has 1 aliphatic rings. The lowest BCUT2D eigenvalue weighted by Crippen LogP contribution is -2.47. The minimum Gasteiger partial charge on any atom is -0.497 e. The van der Waals surface area contributed by atoms with Gasteiger partial charge < -0.3 is 9.64 Å². The molecule has 1 aromatic carbocycles. The van der Waals surface area contributed by atoms with E-state index in [4.69, 9.17) is 4.74 Å². The van der Waals surface area contributed by atoms with Crippen LogP contribution in [0.5, 0.6) is 5.75 Å². The van der Waals surface area contributed by atoms with Crippen LogP contribution in [0.1, 0.15) is 5.69 Å². The van der Waals surface area contributed by atoms with Crippen LogP contribution in [0.25, 0.3) is 0 Å². The normalized spacial score (nSPS) is 15.4. The molecular weight excluding hydrogens is 320 g/mol. The van der Waals surface area contributed by atoms with E-state index < -0.39 is 0 Å². The lowest BCUT2D eigenvalue weighted by molar-refractivity contribution is 0.243. The Morgan fingerprint density at radius 1 is 1.00 bits per heavy atom. The zero-order valence-electron chi connectivity index (χ0n) is 14.9. The predicted molar refractivity (Wildman–Crippen MR) is 97.4 cm³/mol. The van der Waals surface area contributed by atoms with Gasteiger partial charge in [-0.15, -0.1) is 0 Å². The number of hydrogen-bond donors (Lipinski definition) is 0. The quantitative estimate of drug-likeness (QED) is 0.804. The fraction of sp³-hybridized carbons (Fsp3) is 0.444. The fourth-order valence-electron chi connectivity index (χ4n) is 3.13. The Bertz CT molecular complexity index is 863. The molecule has 0 N–H and O–H groups in total. The molecule has 0 atom stereocenters. The van der Waals surface area contributed by atoms with Crippen molar-refractivity contribution >= 4 is 5.69 Å². The van der Waals surface area contributed by atoms with Gasteiger partial charge in [0.05, 0.1) is 7.11 Å². The number of rotatable bonds is 4. The zero-order chi connectivity index (χ0) is 18.0. The average Bonchev–Trinajstić information content (AvgIpc) is 2.65. The smallest absolute Gasteiger partial charge is 0.330 e. The number of aromatic nitrogens is 2. The van der Waals surface area contributed by atoms with Crippen molar-refractivity contribution in [1.82, 2.24) is 14.0 Å². The molecule has 7 heteroatoms. The summed E-state index contributed by atoms with van der Waals surface area (Å²) < 4.78 is 7.97. The first-order chi connectivity index (χ1) is 12.0. The number of anilines is 1. The van der Waals surface area contributed by atoms with E-state index in [1.54, 1.807) is 24.8 Å². The Morgan fingerprint density at radius 3 is 2.40 bits per heavy atom. The zero-order valence-corrected chi connectivity index (χ0v) is 14.9. The number of ether oxygens (including phenoxy) is 1. The Morgan fingerprint density at radius 2 is 1.72 bits per heavy atom. The third kappa shape index (κ3) is 3.61.